The van der Waals surface area contributed by atoms with Crippen LogP contribution in [0.1, 0.15) is 25.7 Å². The van der Waals surface area contributed by atoms with Gasteiger partial charge in [-0.25, -0.2) is 0 Å². The molecule has 0 spiro atoms. The standard InChI is InChI=1S/C10H17NO2S/c12-9(13)7-10(3-6-14-8-10)11-4-1-2-5-11/h1-8H2,(H,12,13). The van der Waals surface area contributed by atoms with Gasteiger partial charge < -0.3 is 5.11 Å². The highest BCUT2D eigenvalue weighted by atomic mass is 32.2. The predicted molar refractivity (Wildman–Crippen MR) is 57.7 cm³/mol. The molecule has 2 saturated heterocycles. The number of carboxylic acids is 1. The number of hydrogen-bond donors (Lipinski definition) is 1. The van der Waals surface area contributed by atoms with E-state index in [-0.39, 0.29) is 5.54 Å². The van der Waals surface area contributed by atoms with Gasteiger partial charge in [-0.05, 0) is 38.1 Å². The van der Waals surface area contributed by atoms with E-state index in [0.717, 1.165) is 31.0 Å². The number of hydrogen-bond acceptors (Lipinski definition) is 3. The van der Waals surface area contributed by atoms with Crippen LogP contribution in [0, 0.1) is 0 Å². The molecule has 0 radical (unpaired) electrons. The molecule has 1 unspecified atom stereocenters. The van der Waals surface area contributed by atoms with E-state index in [1.165, 1.54) is 12.8 Å². The monoisotopic (exact) mass is 215 g/mol. The van der Waals surface area contributed by atoms with Crippen molar-refractivity contribution >= 4 is 17.7 Å². The van der Waals surface area contributed by atoms with Gasteiger partial charge in [0, 0.05) is 11.3 Å². The van der Waals surface area contributed by atoms with Gasteiger partial charge in [-0.3, -0.25) is 9.69 Å². The molecule has 2 aliphatic rings. The summed E-state index contributed by atoms with van der Waals surface area (Å²) in [7, 11) is 0. The number of rotatable bonds is 3. The first kappa shape index (κ1) is 10.3. The third-order valence-electron chi connectivity index (χ3n) is 3.34. The number of nitrogens with zero attached hydrogens (tertiary/aromatic N) is 1. The van der Waals surface area contributed by atoms with Gasteiger partial charge in [-0.2, -0.15) is 11.8 Å². The van der Waals surface area contributed by atoms with Gasteiger partial charge in [-0.1, -0.05) is 0 Å². The van der Waals surface area contributed by atoms with Crippen LogP contribution in [0.2, 0.25) is 0 Å². The number of carbonyl (C=O) groups is 1. The highest BCUT2D eigenvalue weighted by molar-refractivity contribution is 7.99. The SMILES string of the molecule is O=C(O)CC1(N2CCCC2)CCSC1. The Balaban J connectivity index is 2.08. The van der Waals surface area contributed by atoms with Crippen molar-refractivity contribution < 1.29 is 9.90 Å². The fourth-order valence-electron chi connectivity index (χ4n) is 2.57. The van der Waals surface area contributed by atoms with Gasteiger partial charge >= 0.3 is 5.97 Å². The first-order chi connectivity index (χ1) is 6.73. The summed E-state index contributed by atoms with van der Waals surface area (Å²) in [5.41, 5.74) is -0.00694. The van der Waals surface area contributed by atoms with Gasteiger partial charge in [0.25, 0.3) is 0 Å². The minimum atomic E-state index is -0.639. The van der Waals surface area contributed by atoms with Crippen molar-refractivity contribution in [1.29, 1.82) is 0 Å². The van der Waals surface area contributed by atoms with E-state index >= 15 is 0 Å². The summed E-state index contributed by atoms with van der Waals surface area (Å²) in [4.78, 5) is 13.3. The number of likely N-dealkylation sites (tertiary alicyclic amines) is 1. The lowest BCUT2D eigenvalue weighted by Crippen LogP contribution is -2.48. The molecule has 80 valence electrons. The van der Waals surface area contributed by atoms with Crippen LogP contribution in [0.15, 0.2) is 0 Å². The number of thioether (sulfide) groups is 1. The molecular weight excluding hydrogens is 198 g/mol. The summed E-state index contributed by atoms with van der Waals surface area (Å²) >= 11 is 1.90. The highest BCUT2D eigenvalue weighted by Crippen LogP contribution is 2.38. The minimum absolute atomic E-state index is 0.00694. The van der Waals surface area contributed by atoms with Crippen LogP contribution in [-0.2, 0) is 4.79 Å². The second-order valence-electron chi connectivity index (χ2n) is 4.29. The van der Waals surface area contributed by atoms with Crippen LogP contribution in [0.4, 0.5) is 0 Å². The minimum Gasteiger partial charge on any atom is -0.481 e. The molecule has 0 aromatic carbocycles. The molecule has 2 rings (SSSR count). The van der Waals surface area contributed by atoms with Crippen molar-refractivity contribution in [2.45, 2.75) is 31.2 Å². The zero-order chi connectivity index (χ0) is 10.0. The van der Waals surface area contributed by atoms with E-state index < -0.39 is 5.97 Å². The molecule has 0 amide bonds. The molecule has 0 bridgehead atoms. The molecule has 3 nitrogen and oxygen atoms in total. The van der Waals surface area contributed by atoms with Crippen molar-refractivity contribution in [2.75, 3.05) is 24.6 Å². The summed E-state index contributed by atoms with van der Waals surface area (Å²) < 4.78 is 0. The first-order valence-corrected chi connectivity index (χ1v) is 6.43. The van der Waals surface area contributed by atoms with E-state index in [1.807, 2.05) is 11.8 Å². The Kier molecular flexibility index (Phi) is 3.02. The fraction of sp³-hybridized carbons (Fsp3) is 0.900. The zero-order valence-electron chi connectivity index (χ0n) is 8.37. The second kappa shape index (κ2) is 4.11. The Bertz CT molecular complexity index is 220. The van der Waals surface area contributed by atoms with E-state index in [2.05, 4.69) is 4.90 Å². The average molecular weight is 215 g/mol. The molecule has 2 aliphatic heterocycles. The van der Waals surface area contributed by atoms with Crippen molar-refractivity contribution in [3.05, 3.63) is 0 Å². The van der Waals surface area contributed by atoms with E-state index in [0.29, 0.717) is 6.42 Å². The highest BCUT2D eigenvalue weighted by Gasteiger charge is 2.42. The molecule has 4 heteroatoms. The van der Waals surface area contributed by atoms with Crippen molar-refractivity contribution in [2.24, 2.45) is 0 Å². The van der Waals surface area contributed by atoms with Crippen LogP contribution in [0.5, 0.6) is 0 Å². The van der Waals surface area contributed by atoms with E-state index in [9.17, 15) is 4.79 Å². The van der Waals surface area contributed by atoms with Crippen LogP contribution in [0.3, 0.4) is 0 Å². The third-order valence-corrected chi connectivity index (χ3v) is 4.57. The smallest absolute Gasteiger partial charge is 0.305 e. The second-order valence-corrected chi connectivity index (χ2v) is 5.40. The lowest BCUT2D eigenvalue weighted by Gasteiger charge is -2.36. The summed E-state index contributed by atoms with van der Waals surface area (Å²) in [6, 6.07) is 0. The van der Waals surface area contributed by atoms with E-state index in [4.69, 9.17) is 5.11 Å². The molecule has 0 aromatic heterocycles. The average Bonchev–Trinajstić information content (AvgIpc) is 2.69. The molecule has 2 heterocycles. The first-order valence-electron chi connectivity index (χ1n) is 5.28. The van der Waals surface area contributed by atoms with Crippen molar-refractivity contribution in [3.8, 4) is 0 Å². The molecule has 0 aliphatic carbocycles. The summed E-state index contributed by atoms with van der Waals surface area (Å²) in [5.74, 6) is 1.50. The Morgan fingerprint density at radius 1 is 1.43 bits per heavy atom. The van der Waals surface area contributed by atoms with Crippen LogP contribution < -0.4 is 0 Å². The van der Waals surface area contributed by atoms with Gasteiger partial charge in [0.1, 0.15) is 0 Å². The molecule has 14 heavy (non-hydrogen) atoms. The maximum atomic E-state index is 10.9. The van der Waals surface area contributed by atoms with Crippen molar-refractivity contribution in [3.63, 3.8) is 0 Å². The van der Waals surface area contributed by atoms with Crippen LogP contribution >= 0.6 is 11.8 Å². The lowest BCUT2D eigenvalue weighted by atomic mass is 9.92. The molecule has 0 aromatic rings. The molecule has 1 atom stereocenters. The Morgan fingerprint density at radius 3 is 2.64 bits per heavy atom. The summed E-state index contributed by atoms with van der Waals surface area (Å²) in [6.45, 7) is 2.21. The topological polar surface area (TPSA) is 40.5 Å². The Hall–Kier alpha value is -0.220. The number of aliphatic carboxylic acids is 1. The van der Waals surface area contributed by atoms with Gasteiger partial charge in [0.2, 0.25) is 0 Å². The quantitative estimate of drug-likeness (QED) is 0.773. The normalized spacial score (nSPS) is 33.7. The molecular formula is C10H17NO2S. The van der Waals surface area contributed by atoms with Crippen LogP contribution in [0.25, 0.3) is 0 Å². The predicted octanol–water partition coefficient (Wildman–Crippen LogP) is 1.43. The largest absolute Gasteiger partial charge is 0.481 e. The van der Waals surface area contributed by atoms with Crippen molar-refractivity contribution in [1.82, 2.24) is 4.90 Å². The summed E-state index contributed by atoms with van der Waals surface area (Å²) in [5, 5.41) is 8.96. The maximum Gasteiger partial charge on any atom is 0.305 e. The fourth-order valence-corrected chi connectivity index (χ4v) is 4.05. The van der Waals surface area contributed by atoms with Crippen LogP contribution in [-0.4, -0.2) is 46.1 Å². The third kappa shape index (κ3) is 1.91. The van der Waals surface area contributed by atoms with Gasteiger partial charge in [0.05, 0.1) is 6.42 Å². The van der Waals surface area contributed by atoms with Gasteiger partial charge in [0.15, 0.2) is 0 Å². The number of carboxylic acid groups (broad SMARTS) is 1. The van der Waals surface area contributed by atoms with E-state index in [1.54, 1.807) is 0 Å². The lowest BCUT2D eigenvalue weighted by molar-refractivity contribution is -0.139. The maximum absolute atomic E-state index is 10.9. The molecule has 1 N–H and O–H groups in total. The Morgan fingerprint density at radius 2 is 2.14 bits per heavy atom. The van der Waals surface area contributed by atoms with Gasteiger partial charge in [-0.15, -0.1) is 0 Å². The zero-order valence-corrected chi connectivity index (χ0v) is 9.18. The summed E-state index contributed by atoms with van der Waals surface area (Å²) in [6.07, 6.45) is 3.88. The Labute approximate surface area is 88.9 Å². The molecule has 2 fully saturated rings. The molecule has 0 saturated carbocycles.